The van der Waals surface area contributed by atoms with Crippen LogP contribution in [0.3, 0.4) is 0 Å². The molecule has 3 rings (SSSR count). The van der Waals surface area contributed by atoms with Crippen molar-refractivity contribution in [1.29, 1.82) is 0 Å². The predicted molar refractivity (Wildman–Crippen MR) is 96.8 cm³/mol. The van der Waals surface area contributed by atoms with Gasteiger partial charge in [-0.15, -0.1) is 0 Å². The Morgan fingerprint density at radius 2 is 1.68 bits per heavy atom. The molecule has 1 aliphatic carbocycles. The van der Waals surface area contributed by atoms with E-state index in [1.165, 1.54) is 6.42 Å². The van der Waals surface area contributed by atoms with Crippen molar-refractivity contribution < 1.29 is 17.9 Å². The second kappa shape index (κ2) is 7.93. The van der Waals surface area contributed by atoms with E-state index in [9.17, 15) is 8.42 Å². The van der Waals surface area contributed by atoms with E-state index < -0.39 is 10.0 Å². The maximum Gasteiger partial charge on any atom is 0.243 e. The largest absolute Gasteiger partial charge is 0.486 e. The zero-order valence-corrected chi connectivity index (χ0v) is 15.9. The van der Waals surface area contributed by atoms with E-state index in [4.69, 9.17) is 9.47 Å². The number of ether oxygens (including phenoxy) is 2. The van der Waals surface area contributed by atoms with Gasteiger partial charge in [0, 0.05) is 25.2 Å². The normalized spacial score (nSPS) is 18.7. The van der Waals surface area contributed by atoms with E-state index in [-0.39, 0.29) is 6.04 Å². The Hall–Kier alpha value is -1.31. The monoisotopic (exact) mass is 368 g/mol. The van der Waals surface area contributed by atoms with E-state index in [0.29, 0.717) is 42.7 Å². The van der Waals surface area contributed by atoms with Gasteiger partial charge in [-0.05, 0) is 39.1 Å². The molecule has 1 aromatic rings. The Morgan fingerprint density at radius 3 is 2.36 bits per heavy atom. The highest BCUT2D eigenvalue weighted by atomic mass is 32.2. The van der Waals surface area contributed by atoms with Crippen LogP contribution in [0, 0.1) is 0 Å². The molecule has 0 spiro atoms. The van der Waals surface area contributed by atoms with Crippen molar-refractivity contribution in [3.63, 3.8) is 0 Å². The van der Waals surface area contributed by atoms with Gasteiger partial charge in [-0.1, -0.05) is 19.3 Å². The standard InChI is InChI=1S/C18H28N2O4S/c1-19(2)10-11-20(15-6-4-3-5-7-15)25(21,22)16-8-9-17-18(14-16)24-13-12-23-17/h8-9,14-15H,3-7,10-13H2,1-2H3. The highest BCUT2D eigenvalue weighted by molar-refractivity contribution is 7.89. The Balaban J connectivity index is 1.89. The minimum atomic E-state index is -3.56. The fourth-order valence-electron chi connectivity index (χ4n) is 3.49. The molecule has 0 amide bonds. The summed E-state index contributed by atoms with van der Waals surface area (Å²) in [6.07, 6.45) is 5.27. The first kappa shape index (κ1) is 18.5. The smallest absolute Gasteiger partial charge is 0.243 e. The van der Waals surface area contributed by atoms with Crippen LogP contribution in [-0.2, 0) is 10.0 Å². The molecule has 0 bridgehead atoms. The molecule has 25 heavy (non-hydrogen) atoms. The lowest BCUT2D eigenvalue weighted by Gasteiger charge is -2.34. The Bertz CT molecular complexity index is 684. The summed E-state index contributed by atoms with van der Waals surface area (Å²) in [7, 11) is 0.377. The molecule has 0 aromatic heterocycles. The number of rotatable bonds is 6. The van der Waals surface area contributed by atoms with E-state index in [2.05, 4.69) is 0 Å². The van der Waals surface area contributed by atoms with Gasteiger partial charge in [-0.25, -0.2) is 8.42 Å². The summed E-state index contributed by atoms with van der Waals surface area (Å²) in [5.41, 5.74) is 0. The number of benzene rings is 1. The number of fused-ring (bicyclic) bond motifs is 1. The minimum Gasteiger partial charge on any atom is -0.486 e. The van der Waals surface area contributed by atoms with Crippen molar-refractivity contribution in [3.8, 4) is 11.5 Å². The molecule has 7 heteroatoms. The summed E-state index contributed by atoms with van der Waals surface area (Å²) in [6, 6.07) is 5.03. The van der Waals surface area contributed by atoms with Crippen LogP contribution >= 0.6 is 0 Å². The van der Waals surface area contributed by atoms with E-state index >= 15 is 0 Å². The van der Waals surface area contributed by atoms with Crippen LogP contribution in [0.15, 0.2) is 23.1 Å². The average molecular weight is 368 g/mol. The Labute approximate surface area is 150 Å². The molecule has 0 saturated heterocycles. The lowest BCUT2D eigenvalue weighted by atomic mass is 9.95. The number of likely N-dealkylation sites (N-methyl/N-ethyl adjacent to an activating group) is 1. The van der Waals surface area contributed by atoms with Gasteiger partial charge in [0.2, 0.25) is 10.0 Å². The van der Waals surface area contributed by atoms with Crippen LogP contribution in [-0.4, -0.2) is 64.1 Å². The molecule has 140 valence electrons. The fraction of sp³-hybridized carbons (Fsp3) is 0.667. The molecule has 1 fully saturated rings. The number of nitrogens with zero attached hydrogens (tertiary/aromatic N) is 2. The van der Waals surface area contributed by atoms with Crippen molar-refractivity contribution in [3.05, 3.63) is 18.2 Å². The highest BCUT2D eigenvalue weighted by Crippen LogP contribution is 2.34. The summed E-state index contributed by atoms with van der Waals surface area (Å²) < 4.78 is 39.5. The third-order valence-corrected chi connectivity index (χ3v) is 6.82. The van der Waals surface area contributed by atoms with Gasteiger partial charge in [0.1, 0.15) is 13.2 Å². The zero-order valence-electron chi connectivity index (χ0n) is 15.1. The quantitative estimate of drug-likeness (QED) is 0.771. The molecule has 1 saturated carbocycles. The van der Waals surface area contributed by atoms with Gasteiger partial charge < -0.3 is 14.4 Å². The third kappa shape index (κ3) is 4.27. The Kier molecular flexibility index (Phi) is 5.86. The molecule has 1 aromatic carbocycles. The first-order valence-electron chi connectivity index (χ1n) is 9.05. The van der Waals surface area contributed by atoms with Gasteiger partial charge in [0.05, 0.1) is 4.90 Å². The average Bonchev–Trinajstić information content (AvgIpc) is 2.62. The SMILES string of the molecule is CN(C)CCN(C1CCCCC1)S(=O)(=O)c1ccc2c(c1)OCCO2. The first-order valence-corrected chi connectivity index (χ1v) is 10.5. The molecule has 1 aliphatic heterocycles. The molecule has 0 radical (unpaired) electrons. The predicted octanol–water partition coefficient (Wildman–Crippen LogP) is 2.34. The summed E-state index contributed by atoms with van der Waals surface area (Å²) in [5, 5.41) is 0. The minimum absolute atomic E-state index is 0.0897. The van der Waals surface area contributed by atoms with Crippen molar-refractivity contribution in [2.24, 2.45) is 0 Å². The summed E-state index contributed by atoms with van der Waals surface area (Å²) in [6.45, 7) is 2.16. The fourth-order valence-corrected chi connectivity index (χ4v) is 5.18. The van der Waals surface area contributed by atoms with Gasteiger partial charge in [-0.3, -0.25) is 0 Å². The van der Waals surface area contributed by atoms with Crippen LogP contribution < -0.4 is 9.47 Å². The van der Waals surface area contributed by atoms with Crippen molar-refractivity contribution in [1.82, 2.24) is 9.21 Å². The van der Waals surface area contributed by atoms with E-state index in [1.807, 2.05) is 19.0 Å². The van der Waals surface area contributed by atoms with Crippen LogP contribution in [0.5, 0.6) is 11.5 Å². The van der Waals surface area contributed by atoms with Crippen molar-refractivity contribution >= 4 is 10.0 Å². The van der Waals surface area contributed by atoms with Crippen LogP contribution in [0.2, 0.25) is 0 Å². The van der Waals surface area contributed by atoms with Crippen LogP contribution in [0.1, 0.15) is 32.1 Å². The molecule has 6 nitrogen and oxygen atoms in total. The second-order valence-electron chi connectivity index (χ2n) is 7.02. The molecule has 0 N–H and O–H groups in total. The number of sulfonamides is 1. The molecular weight excluding hydrogens is 340 g/mol. The van der Waals surface area contributed by atoms with Gasteiger partial charge in [0.25, 0.3) is 0 Å². The number of hydrogen-bond donors (Lipinski definition) is 0. The number of hydrogen-bond acceptors (Lipinski definition) is 5. The van der Waals surface area contributed by atoms with Gasteiger partial charge >= 0.3 is 0 Å². The first-order chi connectivity index (χ1) is 12.0. The molecule has 1 heterocycles. The zero-order chi connectivity index (χ0) is 17.9. The van der Waals surface area contributed by atoms with E-state index in [0.717, 1.165) is 25.7 Å². The molecular formula is C18H28N2O4S. The van der Waals surface area contributed by atoms with Crippen LogP contribution in [0.25, 0.3) is 0 Å². The van der Waals surface area contributed by atoms with Gasteiger partial charge in [0.15, 0.2) is 11.5 Å². The van der Waals surface area contributed by atoms with Crippen molar-refractivity contribution in [2.75, 3.05) is 40.4 Å². The summed E-state index contributed by atoms with van der Waals surface area (Å²) in [4.78, 5) is 2.32. The van der Waals surface area contributed by atoms with Crippen LogP contribution in [0.4, 0.5) is 0 Å². The lowest BCUT2D eigenvalue weighted by molar-refractivity contribution is 0.171. The third-order valence-electron chi connectivity index (χ3n) is 4.87. The maximum absolute atomic E-state index is 13.3. The summed E-state index contributed by atoms with van der Waals surface area (Å²) >= 11 is 0. The molecule has 2 aliphatic rings. The topological polar surface area (TPSA) is 59.1 Å². The molecule has 0 atom stereocenters. The molecule has 0 unspecified atom stereocenters. The lowest BCUT2D eigenvalue weighted by Crippen LogP contribution is -2.44. The van der Waals surface area contributed by atoms with Gasteiger partial charge in [-0.2, -0.15) is 4.31 Å². The van der Waals surface area contributed by atoms with E-state index in [1.54, 1.807) is 22.5 Å². The summed E-state index contributed by atoms with van der Waals surface area (Å²) in [5.74, 6) is 1.13. The second-order valence-corrected chi connectivity index (χ2v) is 8.91. The maximum atomic E-state index is 13.3. The Morgan fingerprint density at radius 1 is 1.00 bits per heavy atom. The highest BCUT2D eigenvalue weighted by Gasteiger charge is 2.33. The van der Waals surface area contributed by atoms with Crippen molar-refractivity contribution in [2.45, 2.75) is 43.0 Å².